The summed E-state index contributed by atoms with van der Waals surface area (Å²) >= 11 is 1.30. The van der Waals surface area contributed by atoms with Gasteiger partial charge in [-0.05, 0) is 73.7 Å². The predicted octanol–water partition coefficient (Wildman–Crippen LogP) is 5.54. The van der Waals surface area contributed by atoms with Crippen molar-refractivity contribution in [2.24, 2.45) is 0 Å². The molecule has 0 fully saturated rings. The first-order chi connectivity index (χ1) is 18.9. The van der Waals surface area contributed by atoms with Gasteiger partial charge in [0.1, 0.15) is 11.5 Å². The molecular weight excluding hydrogens is 516 g/mol. The first-order valence-corrected chi connectivity index (χ1v) is 12.8. The van der Waals surface area contributed by atoms with Gasteiger partial charge in [-0.15, -0.1) is 11.3 Å². The van der Waals surface area contributed by atoms with E-state index in [1.54, 1.807) is 32.4 Å². The van der Waals surface area contributed by atoms with Crippen molar-refractivity contribution in [2.75, 3.05) is 26.1 Å². The predicted molar refractivity (Wildman–Crippen MR) is 149 cm³/mol. The number of methoxy groups -OCH3 is 2. The number of amides is 1. The van der Waals surface area contributed by atoms with Crippen molar-refractivity contribution in [3.8, 4) is 34.0 Å². The molecule has 2 aromatic heterocycles. The number of hydrogen-bond donors (Lipinski definition) is 1. The molecular formula is C29H24N4O5S. The van der Waals surface area contributed by atoms with Crippen LogP contribution in [-0.4, -0.2) is 47.7 Å². The highest BCUT2D eigenvalue weighted by atomic mass is 32.1. The molecule has 0 bridgehead atoms. The van der Waals surface area contributed by atoms with E-state index in [9.17, 15) is 9.59 Å². The van der Waals surface area contributed by atoms with Crippen molar-refractivity contribution in [1.82, 2.24) is 15.0 Å². The van der Waals surface area contributed by atoms with E-state index in [0.29, 0.717) is 27.6 Å². The third kappa shape index (κ3) is 5.86. The Hall–Kier alpha value is -4.83. The largest absolute Gasteiger partial charge is 0.497 e. The average Bonchev–Trinajstić information content (AvgIpc) is 3.39. The molecule has 5 rings (SSSR count). The van der Waals surface area contributed by atoms with E-state index in [2.05, 4.69) is 10.3 Å². The fourth-order valence-corrected chi connectivity index (χ4v) is 4.57. The number of aromatic nitrogens is 3. The Morgan fingerprint density at radius 3 is 1.92 bits per heavy atom. The Morgan fingerprint density at radius 2 is 1.38 bits per heavy atom. The smallest absolute Gasteiger partial charge is 0.338 e. The zero-order chi connectivity index (χ0) is 27.4. The number of fused-ring (bicyclic) bond motifs is 1. The molecule has 5 aromatic rings. The topological polar surface area (TPSA) is 113 Å². The van der Waals surface area contributed by atoms with Crippen LogP contribution in [0.5, 0.6) is 11.5 Å². The van der Waals surface area contributed by atoms with Crippen LogP contribution in [0.3, 0.4) is 0 Å². The van der Waals surface area contributed by atoms with Crippen LogP contribution >= 0.6 is 11.3 Å². The quantitative estimate of drug-likeness (QED) is 0.255. The van der Waals surface area contributed by atoms with Gasteiger partial charge in [0.05, 0.1) is 47.9 Å². The number of carbonyl (C=O) groups is 2. The summed E-state index contributed by atoms with van der Waals surface area (Å²) in [6.45, 7) is 1.39. The molecule has 0 saturated heterocycles. The lowest BCUT2D eigenvalue weighted by molar-refractivity contribution is -0.119. The highest BCUT2D eigenvalue weighted by Crippen LogP contribution is 2.33. The van der Waals surface area contributed by atoms with E-state index in [1.807, 2.05) is 60.8 Å². The SMILES string of the molecule is COc1ccc(-c2nc3ccc(C(=O)OCC(=O)Nc4nc(C)cs4)cc3nc2-c2ccc(OC)cc2)cc1. The summed E-state index contributed by atoms with van der Waals surface area (Å²) in [4.78, 5) is 38.8. The Kier molecular flexibility index (Phi) is 7.46. The summed E-state index contributed by atoms with van der Waals surface area (Å²) in [5.41, 5.74) is 5.18. The molecule has 2 heterocycles. The second kappa shape index (κ2) is 11.3. The average molecular weight is 541 g/mol. The highest BCUT2D eigenvalue weighted by molar-refractivity contribution is 7.13. The Balaban J connectivity index is 1.45. The molecule has 196 valence electrons. The number of nitrogens with one attached hydrogen (secondary N) is 1. The highest BCUT2D eigenvalue weighted by Gasteiger charge is 2.17. The monoisotopic (exact) mass is 540 g/mol. The van der Waals surface area contributed by atoms with Gasteiger partial charge in [-0.1, -0.05) is 0 Å². The maximum absolute atomic E-state index is 12.7. The number of aryl methyl sites for hydroxylation is 1. The molecule has 0 spiro atoms. The van der Waals surface area contributed by atoms with Gasteiger partial charge in [0, 0.05) is 16.5 Å². The number of carbonyl (C=O) groups excluding carboxylic acids is 2. The van der Waals surface area contributed by atoms with Crippen molar-refractivity contribution in [3.05, 3.63) is 83.4 Å². The lowest BCUT2D eigenvalue weighted by Gasteiger charge is -2.12. The number of ether oxygens (including phenoxy) is 3. The minimum Gasteiger partial charge on any atom is -0.497 e. The summed E-state index contributed by atoms with van der Waals surface area (Å²) in [6, 6.07) is 20.0. The van der Waals surface area contributed by atoms with Gasteiger partial charge < -0.3 is 14.2 Å². The molecule has 1 N–H and O–H groups in total. The fraction of sp³-hybridized carbons (Fsp3) is 0.138. The Morgan fingerprint density at radius 1 is 0.795 bits per heavy atom. The van der Waals surface area contributed by atoms with E-state index in [1.165, 1.54) is 11.3 Å². The molecule has 9 nitrogen and oxygen atoms in total. The zero-order valence-corrected chi connectivity index (χ0v) is 22.2. The minimum atomic E-state index is -0.644. The van der Waals surface area contributed by atoms with Crippen molar-refractivity contribution in [3.63, 3.8) is 0 Å². The van der Waals surface area contributed by atoms with Crippen molar-refractivity contribution in [2.45, 2.75) is 6.92 Å². The van der Waals surface area contributed by atoms with Crippen LogP contribution in [0, 0.1) is 6.92 Å². The summed E-state index contributed by atoms with van der Waals surface area (Å²) in [5, 5.41) is 4.88. The van der Waals surface area contributed by atoms with Crippen LogP contribution in [0.15, 0.2) is 72.1 Å². The Bertz CT molecular complexity index is 1650. The minimum absolute atomic E-state index is 0.257. The molecule has 0 atom stereocenters. The Labute approximate surface area is 228 Å². The zero-order valence-electron chi connectivity index (χ0n) is 21.4. The van der Waals surface area contributed by atoms with Gasteiger partial charge in [-0.25, -0.2) is 19.7 Å². The molecule has 39 heavy (non-hydrogen) atoms. The molecule has 0 radical (unpaired) electrons. The normalized spacial score (nSPS) is 10.7. The van der Waals surface area contributed by atoms with Gasteiger partial charge in [0.25, 0.3) is 5.91 Å². The van der Waals surface area contributed by atoms with E-state index in [0.717, 1.165) is 28.3 Å². The number of anilines is 1. The van der Waals surface area contributed by atoms with Crippen molar-refractivity contribution >= 4 is 39.4 Å². The second-order valence-corrected chi connectivity index (χ2v) is 9.36. The van der Waals surface area contributed by atoms with E-state index >= 15 is 0 Å². The molecule has 0 aliphatic carbocycles. The molecule has 0 saturated carbocycles. The van der Waals surface area contributed by atoms with Gasteiger partial charge in [-0.3, -0.25) is 10.1 Å². The summed E-state index contributed by atoms with van der Waals surface area (Å²) in [5.74, 6) is 0.341. The summed E-state index contributed by atoms with van der Waals surface area (Å²) in [6.07, 6.45) is 0. The van der Waals surface area contributed by atoms with Gasteiger partial charge in [0.2, 0.25) is 0 Å². The molecule has 0 aliphatic heterocycles. The van der Waals surface area contributed by atoms with E-state index in [4.69, 9.17) is 24.2 Å². The van der Waals surface area contributed by atoms with Gasteiger partial charge in [0.15, 0.2) is 11.7 Å². The number of nitrogens with zero attached hydrogens (tertiary/aromatic N) is 3. The standard InChI is InChI=1S/C29H24N4O5S/c1-17-16-39-29(30-17)33-25(34)15-38-28(35)20-8-13-23-24(14-20)32-27(19-6-11-22(37-3)12-7-19)26(31-23)18-4-9-21(36-2)10-5-18/h4-14,16H,15H2,1-3H3,(H,30,33,34). The number of rotatable bonds is 8. The molecule has 0 unspecified atom stereocenters. The molecule has 1 amide bonds. The third-order valence-electron chi connectivity index (χ3n) is 5.83. The van der Waals surface area contributed by atoms with E-state index in [-0.39, 0.29) is 5.56 Å². The first-order valence-electron chi connectivity index (χ1n) is 11.9. The summed E-state index contributed by atoms with van der Waals surface area (Å²) < 4.78 is 15.8. The van der Waals surface area contributed by atoms with Crippen LogP contribution < -0.4 is 14.8 Å². The molecule has 10 heteroatoms. The third-order valence-corrected chi connectivity index (χ3v) is 6.70. The van der Waals surface area contributed by atoms with E-state index < -0.39 is 18.5 Å². The van der Waals surface area contributed by atoms with Crippen LogP contribution in [0.2, 0.25) is 0 Å². The number of hydrogen-bond acceptors (Lipinski definition) is 9. The van der Waals surface area contributed by atoms with Crippen LogP contribution in [0.1, 0.15) is 16.1 Å². The maximum Gasteiger partial charge on any atom is 0.338 e. The lowest BCUT2D eigenvalue weighted by Crippen LogP contribution is -2.20. The maximum atomic E-state index is 12.7. The fourth-order valence-electron chi connectivity index (χ4n) is 3.86. The van der Waals surface area contributed by atoms with Crippen LogP contribution in [0.4, 0.5) is 5.13 Å². The van der Waals surface area contributed by atoms with Gasteiger partial charge in [-0.2, -0.15) is 0 Å². The number of benzene rings is 3. The molecule has 3 aromatic carbocycles. The number of thiazole rings is 1. The number of esters is 1. The molecule has 0 aliphatic rings. The summed E-state index contributed by atoms with van der Waals surface area (Å²) in [7, 11) is 3.22. The second-order valence-electron chi connectivity index (χ2n) is 8.50. The lowest BCUT2D eigenvalue weighted by atomic mass is 10.0. The van der Waals surface area contributed by atoms with Crippen molar-refractivity contribution in [1.29, 1.82) is 0 Å². The van der Waals surface area contributed by atoms with Crippen LogP contribution in [0.25, 0.3) is 33.5 Å². The van der Waals surface area contributed by atoms with Gasteiger partial charge >= 0.3 is 5.97 Å². The van der Waals surface area contributed by atoms with Crippen molar-refractivity contribution < 1.29 is 23.8 Å². The first kappa shape index (κ1) is 25.8. The van der Waals surface area contributed by atoms with Crippen LogP contribution in [-0.2, 0) is 9.53 Å².